The van der Waals surface area contributed by atoms with Gasteiger partial charge >= 0.3 is 8.56 Å². The lowest BCUT2D eigenvalue weighted by Crippen LogP contribution is -2.45. The molecule has 0 aromatic carbocycles. The monoisotopic (exact) mass is 270 g/mol. The van der Waals surface area contributed by atoms with Gasteiger partial charge in [0.2, 0.25) is 0 Å². The first kappa shape index (κ1) is 17.0. The van der Waals surface area contributed by atoms with E-state index in [9.17, 15) is 0 Å². The van der Waals surface area contributed by atoms with Crippen LogP contribution in [0.25, 0.3) is 0 Å². The SMILES string of the molecule is C=C[Si](C)(ONC(C)=C(C)C)ONC(C)=C(C)C. The van der Waals surface area contributed by atoms with Crippen molar-refractivity contribution < 1.29 is 9.05 Å². The zero-order valence-electron chi connectivity index (χ0n) is 12.6. The van der Waals surface area contributed by atoms with E-state index in [2.05, 4.69) is 17.5 Å². The number of hydroxylamine groups is 2. The molecular formula is C13H26N2O2Si. The third-order valence-corrected chi connectivity index (χ3v) is 4.44. The van der Waals surface area contributed by atoms with E-state index in [0.717, 1.165) is 11.4 Å². The van der Waals surface area contributed by atoms with E-state index in [4.69, 9.17) is 9.05 Å². The standard InChI is InChI=1S/C13H26N2O2Si/c1-9-18(8,16-14-12(6)10(2)3)17-15-13(7)11(4)5/h9,14-15H,1H2,2-8H3. The summed E-state index contributed by atoms with van der Waals surface area (Å²) in [5, 5.41) is 0. The van der Waals surface area contributed by atoms with E-state index >= 15 is 0 Å². The van der Waals surface area contributed by atoms with Gasteiger partial charge in [0, 0.05) is 11.4 Å². The molecule has 0 saturated carbocycles. The van der Waals surface area contributed by atoms with Crippen LogP contribution >= 0.6 is 0 Å². The topological polar surface area (TPSA) is 42.5 Å². The minimum Gasteiger partial charge on any atom is -0.282 e. The Morgan fingerprint density at radius 2 is 1.22 bits per heavy atom. The summed E-state index contributed by atoms with van der Waals surface area (Å²) in [6, 6.07) is 0. The second kappa shape index (κ2) is 7.40. The lowest BCUT2D eigenvalue weighted by molar-refractivity contribution is 0.100. The van der Waals surface area contributed by atoms with E-state index in [-0.39, 0.29) is 0 Å². The molecule has 2 N–H and O–H groups in total. The molecule has 0 fully saturated rings. The molecule has 0 unspecified atom stereocenters. The predicted molar refractivity (Wildman–Crippen MR) is 78.4 cm³/mol. The summed E-state index contributed by atoms with van der Waals surface area (Å²) >= 11 is 0. The summed E-state index contributed by atoms with van der Waals surface area (Å²) in [6.45, 7) is 17.7. The molecule has 4 nitrogen and oxygen atoms in total. The Morgan fingerprint density at radius 1 is 0.889 bits per heavy atom. The van der Waals surface area contributed by atoms with Gasteiger partial charge in [0.15, 0.2) is 0 Å². The van der Waals surface area contributed by atoms with Crippen molar-refractivity contribution in [2.75, 3.05) is 0 Å². The minimum atomic E-state index is -2.47. The second-order valence-corrected chi connectivity index (χ2v) is 7.73. The fourth-order valence-electron chi connectivity index (χ4n) is 0.664. The van der Waals surface area contributed by atoms with Gasteiger partial charge in [-0.15, -0.1) is 6.58 Å². The van der Waals surface area contributed by atoms with Gasteiger partial charge in [-0.2, -0.15) is 0 Å². The van der Waals surface area contributed by atoms with Crippen LogP contribution < -0.4 is 11.0 Å². The highest BCUT2D eigenvalue weighted by atomic mass is 28.4. The van der Waals surface area contributed by atoms with Crippen molar-refractivity contribution in [3.05, 3.63) is 34.8 Å². The van der Waals surface area contributed by atoms with Crippen molar-refractivity contribution in [1.29, 1.82) is 0 Å². The first-order valence-corrected chi connectivity index (χ1v) is 8.41. The van der Waals surface area contributed by atoms with Crippen LogP contribution in [-0.4, -0.2) is 8.56 Å². The third-order valence-electron chi connectivity index (χ3n) is 2.68. The van der Waals surface area contributed by atoms with Gasteiger partial charge in [0.25, 0.3) is 0 Å². The van der Waals surface area contributed by atoms with Crippen molar-refractivity contribution in [1.82, 2.24) is 11.0 Å². The lowest BCUT2D eigenvalue weighted by Gasteiger charge is -2.24. The molecule has 0 spiro atoms. The molecule has 5 heteroatoms. The molecule has 0 aliphatic heterocycles. The van der Waals surface area contributed by atoms with E-state index in [0.29, 0.717) is 0 Å². The molecule has 0 aromatic heterocycles. The Balaban J connectivity index is 4.50. The molecule has 0 bridgehead atoms. The molecule has 0 aliphatic carbocycles. The van der Waals surface area contributed by atoms with Crippen LogP contribution in [0.4, 0.5) is 0 Å². The van der Waals surface area contributed by atoms with Crippen LogP contribution in [0, 0.1) is 0 Å². The van der Waals surface area contributed by atoms with Crippen molar-refractivity contribution >= 4 is 8.56 Å². The van der Waals surface area contributed by atoms with E-state index in [1.165, 1.54) is 11.1 Å². The maximum absolute atomic E-state index is 5.64. The fourth-order valence-corrected chi connectivity index (χ4v) is 1.58. The zero-order valence-corrected chi connectivity index (χ0v) is 13.6. The Labute approximate surface area is 112 Å². The summed E-state index contributed by atoms with van der Waals surface area (Å²) in [4.78, 5) is 0. The highest BCUT2D eigenvalue weighted by Gasteiger charge is 2.30. The zero-order chi connectivity index (χ0) is 14.3. The van der Waals surface area contributed by atoms with Crippen molar-refractivity contribution in [3.8, 4) is 0 Å². The van der Waals surface area contributed by atoms with E-state index in [1.807, 2.05) is 48.1 Å². The van der Waals surface area contributed by atoms with Gasteiger partial charge in [-0.3, -0.25) is 20.0 Å². The highest BCUT2D eigenvalue weighted by molar-refractivity contribution is 6.71. The molecule has 0 radical (unpaired) electrons. The average Bonchev–Trinajstić information content (AvgIpc) is 2.32. The summed E-state index contributed by atoms with van der Waals surface area (Å²) < 4.78 is 11.3. The van der Waals surface area contributed by atoms with Gasteiger partial charge in [-0.05, 0) is 53.8 Å². The number of nitrogens with one attached hydrogen (secondary N) is 2. The molecule has 0 aromatic rings. The Kier molecular flexibility index (Phi) is 6.98. The lowest BCUT2D eigenvalue weighted by atomic mass is 10.3. The molecule has 0 saturated heterocycles. The number of allylic oxidation sites excluding steroid dienone is 4. The molecule has 0 atom stereocenters. The maximum atomic E-state index is 5.64. The van der Waals surface area contributed by atoms with Crippen molar-refractivity contribution in [3.63, 3.8) is 0 Å². The maximum Gasteiger partial charge on any atom is 0.411 e. The quantitative estimate of drug-likeness (QED) is 0.549. The Bertz CT molecular complexity index is 326. The van der Waals surface area contributed by atoms with E-state index < -0.39 is 8.56 Å². The smallest absolute Gasteiger partial charge is 0.282 e. The van der Waals surface area contributed by atoms with Gasteiger partial charge in [-0.25, -0.2) is 0 Å². The van der Waals surface area contributed by atoms with Gasteiger partial charge in [0.05, 0.1) is 0 Å². The first-order valence-electron chi connectivity index (χ1n) is 6.01. The summed E-state index contributed by atoms with van der Waals surface area (Å²) in [5.74, 6) is 0. The Morgan fingerprint density at radius 3 is 1.44 bits per heavy atom. The highest BCUT2D eigenvalue weighted by Crippen LogP contribution is 2.09. The summed E-state index contributed by atoms with van der Waals surface area (Å²) in [5.41, 5.74) is 11.9. The third kappa shape index (κ3) is 6.04. The molecule has 0 amide bonds. The Hall–Kier alpha value is -1.04. The fraction of sp³-hybridized carbons (Fsp3) is 0.538. The van der Waals surface area contributed by atoms with Crippen LogP contribution in [0.15, 0.2) is 34.8 Å². The number of rotatable bonds is 7. The van der Waals surface area contributed by atoms with Crippen LogP contribution in [-0.2, 0) is 9.05 Å². The largest absolute Gasteiger partial charge is 0.411 e. The molecule has 18 heavy (non-hydrogen) atoms. The second-order valence-electron chi connectivity index (χ2n) is 4.88. The predicted octanol–water partition coefficient (Wildman–Crippen LogP) is 3.45. The number of hydrogen-bond donors (Lipinski definition) is 2. The molecule has 0 rings (SSSR count). The summed E-state index contributed by atoms with van der Waals surface area (Å²) in [6.07, 6.45) is 0. The van der Waals surface area contributed by atoms with Crippen LogP contribution in [0.1, 0.15) is 41.5 Å². The normalized spacial score (nSPS) is 10.6. The van der Waals surface area contributed by atoms with Gasteiger partial charge < -0.3 is 0 Å². The van der Waals surface area contributed by atoms with Crippen molar-refractivity contribution in [2.45, 2.75) is 48.1 Å². The van der Waals surface area contributed by atoms with Crippen LogP contribution in [0.2, 0.25) is 6.55 Å². The molecule has 104 valence electrons. The molecular weight excluding hydrogens is 244 g/mol. The van der Waals surface area contributed by atoms with E-state index in [1.54, 1.807) is 5.70 Å². The van der Waals surface area contributed by atoms with Gasteiger partial charge in [0.1, 0.15) is 0 Å². The molecule has 0 heterocycles. The number of hydrogen-bond acceptors (Lipinski definition) is 4. The van der Waals surface area contributed by atoms with Gasteiger partial charge in [-0.1, -0.05) is 11.1 Å². The van der Waals surface area contributed by atoms with Crippen molar-refractivity contribution in [2.24, 2.45) is 0 Å². The van der Waals surface area contributed by atoms with Crippen LogP contribution in [0.5, 0.6) is 0 Å². The summed E-state index contributed by atoms with van der Waals surface area (Å²) in [7, 11) is -2.47. The molecule has 0 aliphatic rings. The first-order chi connectivity index (χ1) is 8.22. The minimum absolute atomic E-state index is 0.984. The average molecular weight is 270 g/mol. The van der Waals surface area contributed by atoms with Crippen LogP contribution in [0.3, 0.4) is 0 Å².